The molecule has 3 rings (SSSR count). The predicted molar refractivity (Wildman–Crippen MR) is 87.9 cm³/mol. The van der Waals surface area contributed by atoms with Gasteiger partial charge < -0.3 is 5.32 Å². The molecule has 0 amide bonds. The Bertz CT molecular complexity index is 594. The van der Waals surface area contributed by atoms with Gasteiger partial charge in [-0.15, -0.1) is 11.3 Å². The second kappa shape index (κ2) is 6.47. The van der Waals surface area contributed by atoms with E-state index in [0.717, 1.165) is 0 Å². The molecule has 0 bridgehead atoms. The molecule has 1 aromatic carbocycles. The van der Waals surface area contributed by atoms with Crippen molar-refractivity contribution in [1.82, 2.24) is 5.32 Å². The quantitative estimate of drug-likeness (QED) is 0.842. The fourth-order valence-electron chi connectivity index (χ4n) is 2.96. The number of aryl methyl sites for hydroxylation is 2. The first-order chi connectivity index (χ1) is 10.2. The largest absolute Gasteiger partial charge is 0.312 e. The lowest BCUT2D eigenvalue weighted by atomic mass is 9.98. The number of fused-ring (bicyclic) bond motifs is 1. The third-order valence-electron chi connectivity index (χ3n) is 4.18. The van der Waals surface area contributed by atoms with E-state index in [0.29, 0.717) is 17.0 Å². The Balaban J connectivity index is 1.87. The van der Waals surface area contributed by atoms with Crippen LogP contribution in [0.25, 0.3) is 0 Å². The second-order valence-electron chi connectivity index (χ2n) is 5.55. The molecule has 21 heavy (non-hydrogen) atoms. The van der Waals surface area contributed by atoms with Crippen LogP contribution in [-0.2, 0) is 19.3 Å². The van der Waals surface area contributed by atoms with Crippen LogP contribution in [0.15, 0.2) is 24.3 Å². The molecule has 1 N–H and O–H groups in total. The molecule has 4 heteroatoms. The number of thiophene rings is 1. The summed E-state index contributed by atoms with van der Waals surface area (Å²) in [5, 5.41) is 3.83. The molecule has 1 unspecified atom stereocenters. The molecule has 1 aliphatic rings. The van der Waals surface area contributed by atoms with Crippen molar-refractivity contribution in [2.45, 2.75) is 38.1 Å². The molecule has 0 radical (unpaired) electrons. The van der Waals surface area contributed by atoms with Crippen LogP contribution < -0.4 is 5.32 Å². The first kappa shape index (κ1) is 15.0. The third-order valence-corrected chi connectivity index (χ3v) is 5.88. The summed E-state index contributed by atoms with van der Waals surface area (Å²) in [5.41, 5.74) is 2.09. The van der Waals surface area contributed by atoms with E-state index < -0.39 is 0 Å². The number of rotatable bonds is 4. The van der Waals surface area contributed by atoms with Crippen LogP contribution in [0.5, 0.6) is 0 Å². The normalized spacial score (nSPS) is 15.8. The minimum atomic E-state index is -0.218. The van der Waals surface area contributed by atoms with Crippen LogP contribution in [0.4, 0.5) is 4.39 Å². The zero-order chi connectivity index (χ0) is 14.8. The second-order valence-corrected chi connectivity index (χ2v) is 7.13. The summed E-state index contributed by atoms with van der Waals surface area (Å²) in [6, 6.07) is 7.31. The maximum atomic E-state index is 14.0. The van der Waals surface area contributed by atoms with Crippen molar-refractivity contribution in [2.24, 2.45) is 0 Å². The van der Waals surface area contributed by atoms with Crippen molar-refractivity contribution >= 4 is 22.9 Å². The zero-order valence-electron chi connectivity index (χ0n) is 12.1. The van der Waals surface area contributed by atoms with Gasteiger partial charge in [0.1, 0.15) is 5.82 Å². The molecule has 0 spiro atoms. The summed E-state index contributed by atoms with van der Waals surface area (Å²) in [5.74, 6) is -0.218. The minimum absolute atomic E-state index is 0.120. The Morgan fingerprint density at radius 1 is 1.33 bits per heavy atom. The van der Waals surface area contributed by atoms with Crippen molar-refractivity contribution in [3.8, 4) is 0 Å². The highest BCUT2D eigenvalue weighted by Crippen LogP contribution is 2.35. The topological polar surface area (TPSA) is 12.0 Å². The molecule has 1 heterocycles. The lowest BCUT2D eigenvalue weighted by Gasteiger charge is -2.16. The molecule has 1 nitrogen and oxygen atoms in total. The average Bonchev–Trinajstić information content (AvgIpc) is 2.90. The molecule has 112 valence electrons. The van der Waals surface area contributed by atoms with E-state index >= 15 is 0 Å². The van der Waals surface area contributed by atoms with Crippen molar-refractivity contribution in [2.75, 3.05) is 7.05 Å². The Morgan fingerprint density at radius 2 is 2.14 bits per heavy atom. The standard InChI is InChI=1S/C17H19ClFNS/c1-20-15(10-12-13(18)6-4-7-14(12)19)17-9-11-5-2-3-8-16(11)21-17/h4,6-7,9,15,20H,2-3,5,8,10H2,1H3. The number of hydrogen-bond acceptors (Lipinski definition) is 2. The first-order valence-corrected chi connectivity index (χ1v) is 8.60. The van der Waals surface area contributed by atoms with Gasteiger partial charge in [0, 0.05) is 26.4 Å². The van der Waals surface area contributed by atoms with Crippen molar-refractivity contribution in [3.63, 3.8) is 0 Å². The van der Waals surface area contributed by atoms with E-state index in [1.807, 2.05) is 18.4 Å². The van der Waals surface area contributed by atoms with E-state index in [1.54, 1.807) is 12.1 Å². The van der Waals surface area contributed by atoms with Gasteiger partial charge in [0.05, 0.1) is 0 Å². The molecule has 1 atom stereocenters. The van der Waals surface area contributed by atoms with Crippen LogP contribution in [-0.4, -0.2) is 7.05 Å². The number of nitrogens with one attached hydrogen (secondary N) is 1. The highest BCUT2D eigenvalue weighted by molar-refractivity contribution is 7.12. The monoisotopic (exact) mass is 323 g/mol. The summed E-state index contributed by atoms with van der Waals surface area (Å²) >= 11 is 8.03. The van der Waals surface area contributed by atoms with Gasteiger partial charge in [-0.25, -0.2) is 4.39 Å². The highest BCUT2D eigenvalue weighted by atomic mass is 35.5. The van der Waals surface area contributed by atoms with Crippen LogP contribution in [0.2, 0.25) is 5.02 Å². The fourth-order valence-corrected chi connectivity index (χ4v) is 4.57. The van der Waals surface area contributed by atoms with Crippen LogP contribution in [0.3, 0.4) is 0 Å². The van der Waals surface area contributed by atoms with E-state index in [1.165, 1.54) is 47.1 Å². The first-order valence-electron chi connectivity index (χ1n) is 7.40. The van der Waals surface area contributed by atoms with E-state index in [-0.39, 0.29) is 11.9 Å². The highest BCUT2D eigenvalue weighted by Gasteiger charge is 2.20. The van der Waals surface area contributed by atoms with E-state index in [2.05, 4.69) is 11.4 Å². The van der Waals surface area contributed by atoms with Gasteiger partial charge in [0.2, 0.25) is 0 Å². The number of halogens is 2. The molecule has 0 aliphatic heterocycles. The maximum Gasteiger partial charge on any atom is 0.127 e. The van der Waals surface area contributed by atoms with Gasteiger partial charge in [-0.1, -0.05) is 17.7 Å². The summed E-state index contributed by atoms with van der Waals surface area (Å²) < 4.78 is 14.0. The van der Waals surface area contributed by atoms with Gasteiger partial charge in [0.25, 0.3) is 0 Å². The Hall–Kier alpha value is -0.900. The minimum Gasteiger partial charge on any atom is -0.312 e. The molecule has 0 saturated carbocycles. The average molecular weight is 324 g/mol. The summed E-state index contributed by atoms with van der Waals surface area (Å²) in [6.07, 6.45) is 5.53. The van der Waals surface area contributed by atoms with E-state index in [9.17, 15) is 4.39 Å². The lowest BCUT2D eigenvalue weighted by Crippen LogP contribution is -2.18. The van der Waals surface area contributed by atoms with Gasteiger partial charge in [0.15, 0.2) is 0 Å². The smallest absolute Gasteiger partial charge is 0.127 e. The molecule has 0 saturated heterocycles. The number of likely N-dealkylation sites (N-methyl/N-ethyl adjacent to an activating group) is 1. The molecule has 1 aromatic heterocycles. The molecule has 2 aromatic rings. The van der Waals surface area contributed by atoms with E-state index in [4.69, 9.17) is 11.6 Å². The van der Waals surface area contributed by atoms with Crippen LogP contribution >= 0.6 is 22.9 Å². The lowest BCUT2D eigenvalue weighted by molar-refractivity contribution is 0.560. The van der Waals surface area contributed by atoms with Gasteiger partial charge in [-0.05, 0) is 62.9 Å². The zero-order valence-corrected chi connectivity index (χ0v) is 13.7. The molecule has 1 aliphatic carbocycles. The maximum absolute atomic E-state index is 14.0. The van der Waals surface area contributed by atoms with Crippen molar-refractivity contribution in [1.29, 1.82) is 0 Å². The SMILES string of the molecule is CNC(Cc1c(F)cccc1Cl)c1cc2c(s1)CCCC2. The van der Waals surface area contributed by atoms with Crippen LogP contribution in [0, 0.1) is 5.82 Å². The predicted octanol–water partition coefficient (Wildman–Crippen LogP) is 4.92. The third kappa shape index (κ3) is 3.15. The van der Waals surface area contributed by atoms with Gasteiger partial charge in [-0.2, -0.15) is 0 Å². The summed E-state index contributed by atoms with van der Waals surface area (Å²) in [7, 11) is 1.93. The fraction of sp³-hybridized carbons (Fsp3) is 0.412. The Kier molecular flexibility index (Phi) is 4.63. The Morgan fingerprint density at radius 3 is 2.86 bits per heavy atom. The van der Waals surface area contributed by atoms with Crippen LogP contribution in [0.1, 0.15) is 39.8 Å². The van der Waals surface area contributed by atoms with Gasteiger partial charge >= 0.3 is 0 Å². The summed E-state index contributed by atoms with van der Waals surface area (Å²) in [4.78, 5) is 2.81. The summed E-state index contributed by atoms with van der Waals surface area (Å²) in [6.45, 7) is 0. The van der Waals surface area contributed by atoms with Crippen molar-refractivity contribution < 1.29 is 4.39 Å². The molecular weight excluding hydrogens is 305 g/mol. The van der Waals surface area contributed by atoms with Crippen molar-refractivity contribution in [3.05, 3.63) is 56.0 Å². The molecule has 0 fully saturated rings. The van der Waals surface area contributed by atoms with Gasteiger partial charge in [-0.3, -0.25) is 0 Å². The molecular formula is C17H19ClFNS. The Labute approximate surface area is 134 Å². The number of hydrogen-bond donors (Lipinski definition) is 1. The number of benzene rings is 1.